The van der Waals surface area contributed by atoms with Crippen LogP contribution in [0, 0.1) is 55.4 Å². The van der Waals surface area contributed by atoms with Gasteiger partial charge in [-0.3, -0.25) is 0 Å². The quantitative estimate of drug-likeness (QED) is 0.173. The third kappa shape index (κ3) is 6.16. The Morgan fingerprint density at radius 1 is 0.420 bits per heavy atom. The van der Waals surface area contributed by atoms with Crippen molar-refractivity contribution in [3.8, 4) is 0 Å². The van der Waals surface area contributed by atoms with E-state index in [1.165, 1.54) is 0 Å². The third-order valence-corrected chi connectivity index (χ3v) is 11.5. The number of rotatable bonds is 5. The van der Waals surface area contributed by atoms with Crippen LogP contribution in [0.5, 0.6) is 0 Å². The van der Waals surface area contributed by atoms with Gasteiger partial charge < -0.3 is 18.5 Å². The Morgan fingerprint density at radius 3 is 0.980 bits per heavy atom. The van der Waals surface area contributed by atoms with Gasteiger partial charge in [-0.2, -0.15) is 0 Å². The van der Waals surface area contributed by atoms with E-state index in [0.717, 1.165) is 72.1 Å². The molecule has 0 aromatic heterocycles. The van der Waals surface area contributed by atoms with Gasteiger partial charge in [-0.05, 0) is 104 Å². The maximum Gasteiger partial charge on any atom is 0.207 e. The number of hydrogen-bond acceptors (Lipinski definition) is 4. The van der Waals surface area contributed by atoms with Gasteiger partial charge in [0.25, 0.3) is 0 Å². The van der Waals surface area contributed by atoms with Crippen molar-refractivity contribution in [2.24, 2.45) is 0 Å². The molecule has 5 aromatic rings. The van der Waals surface area contributed by atoms with Crippen molar-refractivity contribution in [3.05, 3.63) is 170 Å². The molecule has 0 aliphatic carbocycles. The zero-order valence-corrected chi connectivity index (χ0v) is 31.9. The highest BCUT2D eigenvalue weighted by atomic mass is 31.2. The lowest BCUT2D eigenvalue weighted by Crippen LogP contribution is -2.53. The molecule has 5 aromatic carbocycles. The summed E-state index contributed by atoms with van der Waals surface area (Å²) in [5, 5.41) is 0.984. The van der Waals surface area contributed by atoms with Gasteiger partial charge >= 0.3 is 0 Å². The number of aryl methyl sites for hydroxylation is 8. The highest BCUT2D eigenvalue weighted by Gasteiger charge is 2.67. The molecular formula is C45H49O4P. The van der Waals surface area contributed by atoms with Crippen LogP contribution in [0.1, 0.15) is 80.6 Å². The fraction of sp³-hybridized carbons (Fsp3) is 0.333. The van der Waals surface area contributed by atoms with Gasteiger partial charge in [-0.25, -0.2) is 0 Å². The predicted molar refractivity (Wildman–Crippen MR) is 204 cm³/mol. The summed E-state index contributed by atoms with van der Waals surface area (Å²) < 4.78 is 30.3. The summed E-state index contributed by atoms with van der Waals surface area (Å²) in [4.78, 5) is 0. The van der Waals surface area contributed by atoms with Crippen molar-refractivity contribution in [1.29, 1.82) is 0 Å². The maximum absolute atomic E-state index is 7.84. The molecule has 4 nitrogen and oxygen atoms in total. The van der Waals surface area contributed by atoms with Crippen molar-refractivity contribution in [2.75, 3.05) is 0 Å². The van der Waals surface area contributed by atoms with Crippen LogP contribution in [0.25, 0.3) is 0 Å². The third-order valence-electron chi connectivity index (χ3n) is 9.92. The summed E-state index contributed by atoms with van der Waals surface area (Å²) in [7, 11) is -1.76. The Bertz CT molecular complexity index is 1750. The number of fused-ring (bicyclic) bond motifs is 1. The van der Waals surface area contributed by atoms with Crippen LogP contribution in [-0.4, -0.2) is 18.0 Å². The summed E-state index contributed by atoms with van der Waals surface area (Å²) in [5.74, 6) is -0.944. The lowest BCUT2D eigenvalue weighted by Gasteiger charge is -2.42. The number of hydrogen-bond donors (Lipinski definition) is 0. The van der Waals surface area contributed by atoms with Gasteiger partial charge in [0.1, 0.15) is 12.2 Å². The van der Waals surface area contributed by atoms with E-state index in [1.54, 1.807) is 0 Å². The van der Waals surface area contributed by atoms with Gasteiger partial charge in [-0.15, -0.1) is 0 Å². The molecule has 2 aliphatic rings. The van der Waals surface area contributed by atoms with E-state index in [2.05, 4.69) is 152 Å². The van der Waals surface area contributed by atoms with Gasteiger partial charge in [0.2, 0.25) is 8.38 Å². The second-order valence-corrected chi connectivity index (χ2v) is 16.6. The van der Waals surface area contributed by atoms with E-state index in [1.807, 2.05) is 19.9 Å². The minimum absolute atomic E-state index is 0.613. The Labute approximate surface area is 299 Å². The lowest BCUT2D eigenvalue weighted by atomic mass is 9.70. The van der Waals surface area contributed by atoms with Crippen LogP contribution in [0.3, 0.4) is 0 Å². The van der Waals surface area contributed by atoms with Crippen LogP contribution in [-0.2, 0) is 29.7 Å². The summed E-state index contributed by atoms with van der Waals surface area (Å²) in [6.45, 7) is 21.3. The summed E-state index contributed by atoms with van der Waals surface area (Å²) in [6.07, 6.45) is -1.23. The molecule has 0 saturated carbocycles. The van der Waals surface area contributed by atoms with Crippen molar-refractivity contribution in [1.82, 2.24) is 0 Å². The van der Waals surface area contributed by atoms with Crippen LogP contribution in [0.4, 0.5) is 0 Å². The monoisotopic (exact) mass is 684 g/mol. The van der Waals surface area contributed by atoms with Crippen LogP contribution < -0.4 is 5.30 Å². The van der Waals surface area contributed by atoms with Crippen molar-refractivity contribution < 1.29 is 18.5 Å². The van der Waals surface area contributed by atoms with Crippen molar-refractivity contribution in [2.45, 2.75) is 98.4 Å². The zero-order chi connectivity index (χ0) is 35.6. The summed E-state index contributed by atoms with van der Waals surface area (Å²) in [6, 6.07) is 37.4. The molecule has 0 radical (unpaired) electrons. The largest absolute Gasteiger partial charge is 0.341 e. The average molecular weight is 685 g/mol. The molecular weight excluding hydrogens is 635 g/mol. The Kier molecular flexibility index (Phi) is 8.94. The molecule has 2 saturated heterocycles. The lowest BCUT2D eigenvalue weighted by molar-refractivity contribution is -0.173. The van der Waals surface area contributed by atoms with Crippen molar-refractivity contribution in [3.63, 3.8) is 0 Å². The molecule has 258 valence electrons. The standard InChI is InChI=1S/C45H49O4P/c1-28-16-29(2)21-36(20-28)44(37-22-30(3)17-31(4)23-37)41-42(47-43(9,10)46-41)45(38-24-32(5)18-33(6)25-38,39-26-34(7)19-35(8)27-39)49-50(48-44)40-14-12-11-13-15-40/h11-27,41-42H,1-10H3. The average Bonchev–Trinajstić information content (AvgIpc) is 3.29. The van der Waals surface area contributed by atoms with Gasteiger partial charge in [0.05, 0.1) is 0 Å². The molecule has 50 heavy (non-hydrogen) atoms. The van der Waals surface area contributed by atoms with E-state index >= 15 is 0 Å². The number of ether oxygens (including phenoxy) is 2. The van der Waals surface area contributed by atoms with Gasteiger partial charge in [0, 0.05) is 5.30 Å². The normalized spacial score (nSPS) is 22.2. The topological polar surface area (TPSA) is 36.9 Å². The second kappa shape index (κ2) is 12.9. The van der Waals surface area contributed by atoms with Crippen LogP contribution in [0.2, 0.25) is 0 Å². The predicted octanol–water partition coefficient (Wildman–Crippen LogP) is 10.5. The van der Waals surface area contributed by atoms with E-state index in [9.17, 15) is 0 Å². The zero-order valence-electron chi connectivity index (χ0n) is 31.0. The molecule has 2 fully saturated rings. The molecule has 2 atom stereocenters. The van der Waals surface area contributed by atoms with Crippen LogP contribution >= 0.6 is 8.38 Å². The summed E-state index contributed by atoms with van der Waals surface area (Å²) >= 11 is 0. The van der Waals surface area contributed by atoms with E-state index in [-0.39, 0.29) is 0 Å². The highest BCUT2D eigenvalue weighted by molar-refractivity contribution is 7.56. The fourth-order valence-electron chi connectivity index (χ4n) is 8.35. The summed E-state index contributed by atoms with van der Waals surface area (Å²) in [5.41, 5.74) is 11.2. The SMILES string of the molecule is Cc1cc(C)cc(C2(c3cc(C)cc(C)c3)OP(c3ccccc3)OC(c3cc(C)cc(C)c3)(c3cc(C)cc(C)c3)C3OC(C)(C)OC32)c1. The molecule has 0 amide bonds. The minimum Gasteiger partial charge on any atom is -0.341 e. The minimum atomic E-state index is -1.76. The van der Waals surface area contributed by atoms with Crippen molar-refractivity contribution >= 4 is 13.7 Å². The Morgan fingerprint density at radius 2 is 0.700 bits per heavy atom. The highest BCUT2D eigenvalue weighted by Crippen LogP contribution is 2.64. The van der Waals surface area contributed by atoms with E-state index < -0.39 is 37.6 Å². The van der Waals surface area contributed by atoms with Gasteiger partial charge in [0.15, 0.2) is 17.0 Å². The molecule has 0 bridgehead atoms. The van der Waals surface area contributed by atoms with E-state index in [0.29, 0.717) is 0 Å². The first kappa shape index (κ1) is 34.8. The molecule has 7 rings (SSSR count). The first-order valence-electron chi connectivity index (χ1n) is 17.6. The fourth-order valence-corrected chi connectivity index (χ4v) is 10.2. The first-order valence-corrected chi connectivity index (χ1v) is 18.8. The molecule has 2 unspecified atom stereocenters. The molecule has 5 heteroatoms. The molecule has 2 heterocycles. The number of benzene rings is 5. The Hall–Kier alpha value is -3.63. The second-order valence-electron chi connectivity index (χ2n) is 15.2. The molecule has 2 aliphatic heterocycles. The van der Waals surface area contributed by atoms with Gasteiger partial charge in [-0.1, -0.05) is 136 Å². The molecule has 0 spiro atoms. The van der Waals surface area contributed by atoms with E-state index in [4.69, 9.17) is 18.5 Å². The smallest absolute Gasteiger partial charge is 0.207 e. The maximum atomic E-state index is 7.84. The first-order chi connectivity index (χ1) is 23.7. The van der Waals surface area contributed by atoms with Crippen LogP contribution in [0.15, 0.2) is 103 Å². The molecule has 0 N–H and O–H groups in total. The Balaban J connectivity index is 1.67.